The van der Waals surface area contributed by atoms with Crippen LogP contribution in [-0.4, -0.2) is 46.5 Å². The van der Waals surface area contributed by atoms with E-state index in [2.05, 4.69) is 17.0 Å². The van der Waals surface area contributed by atoms with Crippen LogP contribution in [0.4, 0.5) is 0 Å². The number of carboxylic acid groups (broad SMARTS) is 1. The third-order valence-electron chi connectivity index (χ3n) is 5.86. The number of carbonyl (C=O) groups excluding carboxylic acids is 3. The normalized spacial score (nSPS) is 14.5. The predicted octanol–water partition coefficient (Wildman–Crippen LogP) is 5.17. The zero-order valence-corrected chi connectivity index (χ0v) is 21.1. The van der Waals surface area contributed by atoms with Crippen molar-refractivity contribution in [2.45, 2.75) is 110 Å². The molecule has 1 aliphatic rings. The molecule has 0 radical (unpaired) electrons. The number of carbonyl (C=O) groups is 4. The molecule has 1 atom stereocenters. The maximum absolute atomic E-state index is 12.1. The minimum Gasteiger partial charge on any atom is -0.480 e. The van der Waals surface area contributed by atoms with Gasteiger partial charge in [0.05, 0.1) is 5.57 Å². The summed E-state index contributed by atoms with van der Waals surface area (Å²) in [4.78, 5) is 46.5. The number of amides is 1. The lowest BCUT2D eigenvalue weighted by atomic mass is 10.0. The molecule has 0 fully saturated rings. The Hall–Kier alpha value is -1.83. The molecule has 0 spiro atoms. The number of unbranched alkanes of at least 4 members (excludes halogenated alkanes) is 12. The SMILES string of the molecule is CCCCCCCCCCCCCCCC(=O)NC(CSCC1=C(C)C(=O)OC1=O)C(=O)O. The number of hydrogen-bond donors (Lipinski definition) is 2. The van der Waals surface area contributed by atoms with Crippen LogP contribution in [0.3, 0.4) is 0 Å². The van der Waals surface area contributed by atoms with Crippen LogP contribution in [-0.2, 0) is 23.9 Å². The summed E-state index contributed by atoms with van der Waals surface area (Å²) in [6.07, 6.45) is 16.3. The van der Waals surface area contributed by atoms with Crippen LogP contribution in [0.25, 0.3) is 0 Å². The van der Waals surface area contributed by atoms with Crippen molar-refractivity contribution in [1.29, 1.82) is 0 Å². The second-order valence-electron chi connectivity index (χ2n) is 8.75. The van der Waals surface area contributed by atoms with Crippen LogP contribution >= 0.6 is 11.8 Å². The summed E-state index contributed by atoms with van der Waals surface area (Å²) in [5, 5.41) is 11.9. The topological polar surface area (TPSA) is 110 Å². The fourth-order valence-corrected chi connectivity index (χ4v) is 4.81. The maximum Gasteiger partial charge on any atom is 0.343 e. The molecule has 0 saturated heterocycles. The number of ether oxygens (including phenoxy) is 1. The Bertz CT molecular complexity index is 676. The number of esters is 2. The highest BCUT2D eigenvalue weighted by Gasteiger charge is 2.30. The molecule has 1 aliphatic heterocycles. The molecule has 8 heteroatoms. The van der Waals surface area contributed by atoms with Crippen molar-refractivity contribution in [3.05, 3.63) is 11.1 Å². The van der Waals surface area contributed by atoms with Crippen molar-refractivity contribution in [2.24, 2.45) is 0 Å². The van der Waals surface area contributed by atoms with E-state index in [1.165, 1.54) is 82.9 Å². The van der Waals surface area contributed by atoms with Crippen LogP contribution in [0.15, 0.2) is 11.1 Å². The second-order valence-corrected chi connectivity index (χ2v) is 9.78. The van der Waals surface area contributed by atoms with Crippen molar-refractivity contribution >= 4 is 35.6 Å². The highest BCUT2D eigenvalue weighted by Crippen LogP contribution is 2.21. The Balaban J connectivity index is 2.08. The smallest absolute Gasteiger partial charge is 0.343 e. The highest BCUT2D eigenvalue weighted by atomic mass is 32.2. The van der Waals surface area contributed by atoms with E-state index in [1.807, 2.05) is 0 Å². The molecule has 7 nitrogen and oxygen atoms in total. The van der Waals surface area contributed by atoms with Gasteiger partial charge in [-0.15, -0.1) is 0 Å². The second kappa shape index (κ2) is 17.6. The first-order valence-electron chi connectivity index (χ1n) is 12.4. The molecular weight excluding hydrogens is 442 g/mol. The van der Waals surface area contributed by atoms with E-state index >= 15 is 0 Å². The molecule has 0 saturated carbocycles. The van der Waals surface area contributed by atoms with Crippen molar-refractivity contribution in [3.8, 4) is 0 Å². The van der Waals surface area contributed by atoms with Crippen LogP contribution in [0.5, 0.6) is 0 Å². The van der Waals surface area contributed by atoms with E-state index in [9.17, 15) is 24.3 Å². The Labute approximate surface area is 202 Å². The number of cyclic esters (lactones) is 2. The molecule has 1 unspecified atom stereocenters. The summed E-state index contributed by atoms with van der Waals surface area (Å²) < 4.78 is 4.52. The van der Waals surface area contributed by atoms with E-state index in [0.717, 1.165) is 19.3 Å². The first-order valence-corrected chi connectivity index (χ1v) is 13.6. The average Bonchev–Trinajstić information content (AvgIpc) is 3.01. The number of carboxylic acids is 1. The molecule has 0 aromatic heterocycles. The Kier molecular flexibility index (Phi) is 15.6. The van der Waals surface area contributed by atoms with Gasteiger partial charge in [-0.3, -0.25) is 4.79 Å². The molecule has 1 amide bonds. The number of hydrogen-bond acceptors (Lipinski definition) is 6. The highest BCUT2D eigenvalue weighted by molar-refractivity contribution is 7.99. The lowest BCUT2D eigenvalue weighted by molar-refractivity contribution is -0.151. The summed E-state index contributed by atoms with van der Waals surface area (Å²) in [7, 11) is 0. The molecule has 0 aliphatic carbocycles. The van der Waals surface area contributed by atoms with E-state index in [1.54, 1.807) is 0 Å². The average molecular weight is 484 g/mol. The van der Waals surface area contributed by atoms with Crippen LogP contribution < -0.4 is 5.32 Å². The third kappa shape index (κ3) is 12.8. The molecule has 0 aromatic rings. The number of rotatable bonds is 20. The minimum absolute atomic E-state index is 0.109. The lowest BCUT2D eigenvalue weighted by Gasteiger charge is -2.14. The van der Waals surface area contributed by atoms with Crippen molar-refractivity contribution in [1.82, 2.24) is 5.32 Å². The van der Waals surface area contributed by atoms with Gasteiger partial charge in [0.1, 0.15) is 6.04 Å². The van der Waals surface area contributed by atoms with Crippen molar-refractivity contribution in [3.63, 3.8) is 0 Å². The fraction of sp³-hybridized carbons (Fsp3) is 0.760. The largest absolute Gasteiger partial charge is 0.480 e. The molecule has 2 N–H and O–H groups in total. The molecule has 0 bridgehead atoms. The summed E-state index contributed by atoms with van der Waals surface area (Å²) >= 11 is 1.18. The molecule has 1 rings (SSSR count). The standard InChI is InChI=1S/C25H41NO6S/c1-3-4-5-6-7-8-9-10-11-12-13-14-15-16-22(27)26-21(23(28)29)18-33-17-20-19(2)24(30)32-25(20)31/h21H,3-18H2,1-2H3,(H,26,27)(H,28,29). The zero-order chi connectivity index (χ0) is 24.5. The number of nitrogens with one attached hydrogen (secondary N) is 1. The van der Waals surface area contributed by atoms with Crippen molar-refractivity contribution in [2.75, 3.05) is 11.5 Å². The van der Waals surface area contributed by atoms with Gasteiger partial charge in [-0.1, -0.05) is 84.0 Å². The van der Waals surface area contributed by atoms with Crippen LogP contribution in [0.2, 0.25) is 0 Å². The van der Waals surface area contributed by atoms with E-state index < -0.39 is 23.9 Å². The molecule has 188 valence electrons. The van der Waals surface area contributed by atoms with Crippen molar-refractivity contribution < 1.29 is 29.0 Å². The summed E-state index contributed by atoms with van der Waals surface area (Å²) in [5.41, 5.74) is 0.512. The Morgan fingerprint density at radius 1 is 0.879 bits per heavy atom. The monoisotopic (exact) mass is 483 g/mol. The first kappa shape index (κ1) is 29.2. The van der Waals surface area contributed by atoms with Gasteiger partial charge in [0.25, 0.3) is 0 Å². The predicted molar refractivity (Wildman–Crippen MR) is 131 cm³/mol. The Morgan fingerprint density at radius 2 is 1.39 bits per heavy atom. The maximum atomic E-state index is 12.1. The quantitative estimate of drug-likeness (QED) is 0.140. The van der Waals surface area contributed by atoms with Gasteiger partial charge < -0.3 is 15.2 Å². The van der Waals surface area contributed by atoms with Gasteiger partial charge in [-0.25, -0.2) is 14.4 Å². The van der Waals surface area contributed by atoms with E-state index in [-0.39, 0.29) is 28.6 Å². The van der Waals surface area contributed by atoms with Gasteiger partial charge in [-0.2, -0.15) is 11.8 Å². The fourth-order valence-electron chi connectivity index (χ4n) is 3.69. The molecule has 0 aromatic carbocycles. The van der Waals surface area contributed by atoms with E-state index in [0.29, 0.717) is 6.42 Å². The van der Waals surface area contributed by atoms with Gasteiger partial charge in [0, 0.05) is 23.5 Å². The van der Waals surface area contributed by atoms with Gasteiger partial charge in [0.2, 0.25) is 5.91 Å². The number of aliphatic carboxylic acids is 1. The zero-order valence-electron chi connectivity index (χ0n) is 20.3. The van der Waals surface area contributed by atoms with Crippen LogP contribution in [0, 0.1) is 0 Å². The molecule has 33 heavy (non-hydrogen) atoms. The third-order valence-corrected chi connectivity index (χ3v) is 6.92. The lowest BCUT2D eigenvalue weighted by Crippen LogP contribution is -2.42. The molecule has 1 heterocycles. The van der Waals surface area contributed by atoms with Crippen LogP contribution in [0.1, 0.15) is 104 Å². The summed E-state index contributed by atoms with van der Waals surface area (Å²) in [6, 6.07) is -1.03. The minimum atomic E-state index is -1.11. The van der Waals surface area contributed by atoms with Gasteiger partial charge in [-0.05, 0) is 13.3 Å². The summed E-state index contributed by atoms with van der Waals surface area (Å²) in [5.74, 6) is -2.43. The summed E-state index contributed by atoms with van der Waals surface area (Å²) in [6.45, 7) is 3.75. The Morgan fingerprint density at radius 3 is 1.85 bits per heavy atom. The molecular formula is C25H41NO6S. The number of thioether (sulfide) groups is 1. The van der Waals surface area contributed by atoms with Gasteiger partial charge in [0.15, 0.2) is 0 Å². The van der Waals surface area contributed by atoms with Gasteiger partial charge >= 0.3 is 17.9 Å². The first-order chi connectivity index (χ1) is 15.9. The van der Waals surface area contributed by atoms with E-state index in [4.69, 9.17) is 0 Å².